The fraction of sp³-hybridized carbons (Fsp3) is 0.273. The molecule has 0 unspecified atom stereocenters. The molecule has 0 amide bonds. The highest BCUT2D eigenvalue weighted by Gasteiger charge is 2.25. The Balaban J connectivity index is 2.07. The lowest BCUT2D eigenvalue weighted by Gasteiger charge is -2.13. The number of fused-ring (bicyclic) bond motifs is 2. The molecule has 142 valence electrons. The summed E-state index contributed by atoms with van der Waals surface area (Å²) < 4.78 is 12.8. The molecular weight excluding hydrogens is 374 g/mol. The average Bonchev–Trinajstić information content (AvgIpc) is 3.26. The Hall–Kier alpha value is -2.97. The Morgan fingerprint density at radius 3 is 2.68 bits per heavy atom. The topological polar surface area (TPSA) is 63.5 Å². The van der Waals surface area contributed by atoms with Gasteiger partial charge >= 0.3 is 0 Å². The van der Waals surface area contributed by atoms with Gasteiger partial charge in [-0.1, -0.05) is 32.4 Å². The lowest BCUT2D eigenvalue weighted by molar-refractivity contribution is 0.414. The van der Waals surface area contributed by atoms with Gasteiger partial charge in [-0.25, -0.2) is 4.98 Å². The van der Waals surface area contributed by atoms with Gasteiger partial charge in [-0.3, -0.25) is 4.40 Å². The van der Waals surface area contributed by atoms with E-state index in [0.717, 1.165) is 27.8 Å². The van der Waals surface area contributed by atoms with Crippen LogP contribution in [0.15, 0.2) is 35.1 Å². The van der Waals surface area contributed by atoms with E-state index in [0.29, 0.717) is 27.7 Å². The number of benzene rings is 1. The van der Waals surface area contributed by atoms with Crippen molar-refractivity contribution in [2.45, 2.75) is 33.1 Å². The highest BCUT2D eigenvalue weighted by atomic mass is 35.5. The van der Waals surface area contributed by atoms with E-state index in [4.69, 9.17) is 25.7 Å². The Morgan fingerprint density at radius 1 is 1.29 bits per heavy atom. The van der Waals surface area contributed by atoms with Crippen LogP contribution in [-0.2, 0) is 5.41 Å². The molecule has 4 rings (SSSR count). The Labute approximate surface area is 168 Å². The number of imidazole rings is 1. The van der Waals surface area contributed by atoms with Crippen LogP contribution in [0, 0.1) is 18.3 Å². The molecular formula is C22H20ClN3O2. The number of hydrogen-bond acceptors (Lipinski definition) is 4. The molecule has 4 aromatic rings. The van der Waals surface area contributed by atoms with Crippen molar-refractivity contribution < 1.29 is 9.15 Å². The van der Waals surface area contributed by atoms with Gasteiger partial charge < -0.3 is 9.15 Å². The number of halogens is 1. The Kier molecular flexibility index (Phi) is 4.13. The van der Waals surface area contributed by atoms with Crippen molar-refractivity contribution in [1.82, 2.24) is 9.38 Å². The molecule has 0 aliphatic heterocycles. The van der Waals surface area contributed by atoms with Crippen LogP contribution < -0.4 is 4.74 Å². The first-order valence-corrected chi connectivity index (χ1v) is 9.31. The maximum atomic E-state index is 9.84. The third-order valence-corrected chi connectivity index (χ3v) is 5.40. The zero-order valence-electron chi connectivity index (χ0n) is 16.4. The molecule has 0 N–H and O–H groups in total. The second-order valence-corrected chi connectivity index (χ2v) is 8.22. The first kappa shape index (κ1) is 18.4. The summed E-state index contributed by atoms with van der Waals surface area (Å²) >= 11 is 6.84. The summed E-state index contributed by atoms with van der Waals surface area (Å²) in [5.41, 5.74) is 4.90. The molecule has 6 heteroatoms. The molecule has 5 nitrogen and oxygen atoms in total. The molecule has 0 radical (unpaired) electrons. The van der Waals surface area contributed by atoms with Crippen LogP contribution in [0.1, 0.15) is 37.6 Å². The van der Waals surface area contributed by atoms with Crippen molar-refractivity contribution in [3.8, 4) is 22.9 Å². The average molecular weight is 394 g/mol. The SMILES string of the molecule is COc1ccc2c(-c3c(C)c(C#N)c4nc(C(C)(C)C)cn4c3Cl)coc2c1. The largest absolute Gasteiger partial charge is 0.497 e. The number of furan rings is 1. The molecule has 0 saturated carbocycles. The molecule has 0 saturated heterocycles. The summed E-state index contributed by atoms with van der Waals surface area (Å²) in [7, 11) is 1.62. The quantitative estimate of drug-likeness (QED) is 0.398. The maximum Gasteiger partial charge on any atom is 0.156 e. The van der Waals surface area contributed by atoms with Crippen LogP contribution in [0.2, 0.25) is 5.15 Å². The van der Waals surface area contributed by atoms with Crippen LogP contribution in [0.3, 0.4) is 0 Å². The monoisotopic (exact) mass is 393 g/mol. The van der Waals surface area contributed by atoms with Crippen LogP contribution in [0.5, 0.6) is 5.75 Å². The number of nitriles is 1. The smallest absolute Gasteiger partial charge is 0.156 e. The van der Waals surface area contributed by atoms with E-state index in [1.807, 2.05) is 31.3 Å². The van der Waals surface area contributed by atoms with Gasteiger partial charge in [-0.2, -0.15) is 5.26 Å². The van der Waals surface area contributed by atoms with E-state index in [-0.39, 0.29) is 5.41 Å². The van der Waals surface area contributed by atoms with Crippen molar-refractivity contribution in [3.05, 3.63) is 52.6 Å². The van der Waals surface area contributed by atoms with E-state index in [2.05, 4.69) is 26.8 Å². The zero-order valence-corrected chi connectivity index (χ0v) is 17.2. The number of nitrogens with zero attached hydrogens (tertiary/aromatic N) is 3. The van der Waals surface area contributed by atoms with Crippen molar-refractivity contribution >= 4 is 28.2 Å². The minimum absolute atomic E-state index is 0.158. The summed E-state index contributed by atoms with van der Waals surface area (Å²) in [5.74, 6) is 0.716. The highest BCUT2D eigenvalue weighted by molar-refractivity contribution is 6.33. The van der Waals surface area contributed by atoms with Gasteiger partial charge in [0, 0.05) is 34.2 Å². The molecule has 0 bridgehead atoms. The molecule has 0 atom stereocenters. The van der Waals surface area contributed by atoms with E-state index >= 15 is 0 Å². The van der Waals surface area contributed by atoms with Gasteiger partial charge in [0.05, 0.1) is 24.6 Å². The maximum absolute atomic E-state index is 9.84. The summed E-state index contributed by atoms with van der Waals surface area (Å²) in [6, 6.07) is 7.96. The number of ether oxygens (including phenoxy) is 1. The van der Waals surface area contributed by atoms with E-state index in [9.17, 15) is 5.26 Å². The minimum atomic E-state index is -0.158. The molecule has 0 aliphatic rings. The van der Waals surface area contributed by atoms with Crippen LogP contribution >= 0.6 is 11.6 Å². The molecule has 3 aromatic heterocycles. The van der Waals surface area contributed by atoms with Gasteiger partial charge in [-0.05, 0) is 24.6 Å². The molecule has 0 fully saturated rings. The van der Waals surface area contributed by atoms with E-state index in [1.54, 1.807) is 17.8 Å². The standard InChI is InChI=1S/C22H20ClN3O2/c1-12-15(9-24)21-25-18(22(2,3)4)10-26(21)20(23)19(12)16-11-28-17-8-13(27-5)6-7-14(16)17/h6-8,10-11H,1-5H3. The van der Waals surface area contributed by atoms with Gasteiger partial charge in [0.1, 0.15) is 22.6 Å². The predicted molar refractivity (Wildman–Crippen MR) is 110 cm³/mol. The molecule has 28 heavy (non-hydrogen) atoms. The van der Waals surface area contributed by atoms with Gasteiger partial charge in [0.15, 0.2) is 5.65 Å². The molecule has 1 aromatic carbocycles. The second kappa shape index (κ2) is 6.29. The predicted octanol–water partition coefficient (Wildman–Crippen LogP) is 5.89. The van der Waals surface area contributed by atoms with Crippen molar-refractivity contribution in [2.24, 2.45) is 0 Å². The summed E-state index contributed by atoms with van der Waals surface area (Å²) in [4.78, 5) is 4.70. The minimum Gasteiger partial charge on any atom is -0.497 e. The van der Waals surface area contributed by atoms with Crippen LogP contribution in [-0.4, -0.2) is 16.5 Å². The lowest BCUT2D eigenvalue weighted by atomic mass is 9.93. The Bertz CT molecular complexity index is 1270. The number of methoxy groups -OCH3 is 1. The molecule has 3 heterocycles. The third-order valence-electron chi connectivity index (χ3n) is 5.03. The molecule has 0 spiro atoms. The van der Waals surface area contributed by atoms with Gasteiger partial charge in [0.25, 0.3) is 0 Å². The van der Waals surface area contributed by atoms with Crippen LogP contribution in [0.4, 0.5) is 0 Å². The second-order valence-electron chi connectivity index (χ2n) is 7.86. The van der Waals surface area contributed by atoms with Crippen molar-refractivity contribution in [2.75, 3.05) is 7.11 Å². The first-order valence-electron chi connectivity index (χ1n) is 8.93. The third kappa shape index (κ3) is 2.64. The van der Waals surface area contributed by atoms with Crippen molar-refractivity contribution in [1.29, 1.82) is 5.26 Å². The number of pyridine rings is 1. The summed E-state index contributed by atoms with van der Waals surface area (Å²) in [6.07, 6.45) is 3.58. The fourth-order valence-electron chi connectivity index (χ4n) is 3.41. The summed E-state index contributed by atoms with van der Waals surface area (Å²) in [6.45, 7) is 8.14. The summed E-state index contributed by atoms with van der Waals surface area (Å²) in [5, 5.41) is 11.3. The van der Waals surface area contributed by atoms with Gasteiger partial charge in [0.2, 0.25) is 0 Å². The zero-order chi connectivity index (χ0) is 20.2. The molecule has 0 aliphatic carbocycles. The lowest BCUT2D eigenvalue weighted by Crippen LogP contribution is -2.11. The number of aromatic nitrogens is 2. The van der Waals surface area contributed by atoms with Crippen molar-refractivity contribution in [3.63, 3.8) is 0 Å². The normalized spacial score (nSPS) is 11.9. The van der Waals surface area contributed by atoms with Gasteiger partial charge in [-0.15, -0.1) is 0 Å². The first-order chi connectivity index (χ1) is 13.3. The van der Waals surface area contributed by atoms with E-state index < -0.39 is 0 Å². The number of hydrogen-bond donors (Lipinski definition) is 0. The number of rotatable bonds is 2. The fourth-order valence-corrected chi connectivity index (χ4v) is 3.78. The Morgan fingerprint density at radius 2 is 2.04 bits per heavy atom. The van der Waals surface area contributed by atoms with Crippen LogP contribution in [0.25, 0.3) is 27.7 Å². The highest BCUT2D eigenvalue weighted by Crippen LogP contribution is 2.41. The van der Waals surface area contributed by atoms with E-state index in [1.165, 1.54) is 0 Å².